The van der Waals surface area contributed by atoms with Gasteiger partial charge in [-0.05, 0) is 39.0 Å². The van der Waals surface area contributed by atoms with Crippen molar-refractivity contribution >= 4 is 29.1 Å². The third-order valence-electron chi connectivity index (χ3n) is 5.62. The standard InChI is InChI=1S/C25H30N4O4/c1-25(2,3)33-24(32)29-13-11-28(12-14-29)18-9-10-19-20(15-18)27-23(31)21(16-30)26-22(19)17-7-5-4-6-8-17/h4-10,15,21,30H,11-14,16H2,1-3H3,(H,27,31)/t21-/m1/s1. The fourth-order valence-corrected chi connectivity index (χ4v) is 3.96. The number of carbonyl (C=O) groups excluding carboxylic acids is 2. The Morgan fingerprint density at radius 3 is 2.45 bits per heavy atom. The molecule has 2 heterocycles. The Morgan fingerprint density at radius 1 is 1.12 bits per heavy atom. The maximum absolute atomic E-state index is 12.7. The number of nitrogens with one attached hydrogen (secondary N) is 1. The molecule has 0 bridgehead atoms. The molecule has 8 nitrogen and oxygen atoms in total. The summed E-state index contributed by atoms with van der Waals surface area (Å²) in [6.45, 7) is 7.65. The van der Waals surface area contributed by atoms with Gasteiger partial charge in [0.1, 0.15) is 5.60 Å². The van der Waals surface area contributed by atoms with Crippen molar-refractivity contribution in [3.8, 4) is 0 Å². The first kappa shape index (κ1) is 22.8. The fourth-order valence-electron chi connectivity index (χ4n) is 3.96. The van der Waals surface area contributed by atoms with Gasteiger partial charge in [-0.3, -0.25) is 9.79 Å². The monoisotopic (exact) mass is 450 g/mol. The van der Waals surface area contributed by atoms with E-state index in [1.165, 1.54) is 0 Å². The molecule has 2 aliphatic rings. The van der Waals surface area contributed by atoms with Crippen molar-refractivity contribution in [1.29, 1.82) is 0 Å². The van der Waals surface area contributed by atoms with Crippen molar-refractivity contribution in [3.63, 3.8) is 0 Å². The van der Waals surface area contributed by atoms with Gasteiger partial charge in [-0.25, -0.2) is 4.79 Å². The summed E-state index contributed by atoms with van der Waals surface area (Å²) < 4.78 is 5.48. The minimum Gasteiger partial charge on any atom is -0.444 e. The molecule has 174 valence electrons. The summed E-state index contributed by atoms with van der Waals surface area (Å²) in [5.41, 5.74) is 3.45. The number of benzodiazepines with no additional fused rings is 1. The molecule has 1 saturated heterocycles. The van der Waals surface area contributed by atoms with Crippen LogP contribution in [0.3, 0.4) is 0 Å². The molecule has 0 radical (unpaired) electrons. The Balaban J connectivity index is 1.56. The molecule has 0 spiro atoms. The quantitative estimate of drug-likeness (QED) is 0.750. The van der Waals surface area contributed by atoms with Gasteiger partial charge in [0.25, 0.3) is 5.91 Å². The van der Waals surface area contributed by atoms with Gasteiger partial charge in [-0.2, -0.15) is 0 Å². The molecular weight excluding hydrogens is 420 g/mol. The van der Waals surface area contributed by atoms with Crippen LogP contribution in [-0.4, -0.2) is 72.1 Å². The molecule has 2 aromatic rings. The van der Waals surface area contributed by atoms with E-state index < -0.39 is 11.6 Å². The average molecular weight is 451 g/mol. The van der Waals surface area contributed by atoms with Crippen molar-refractivity contribution in [3.05, 3.63) is 59.7 Å². The number of aliphatic imine (C=N–C) groups is 1. The van der Waals surface area contributed by atoms with Gasteiger partial charge < -0.3 is 25.0 Å². The number of fused-ring (bicyclic) bond motifs is 1. The highest BCUT2D eigenvalue weighted by atomic mass is 16.6. The Bertz CT molecular complexity index is 1050. The molecule has 2 aromatic carbocycles. The third kappa shape index (κ3) is 5.17. The summed E-state index contributed by atoms with van der Waals surface area (Å²) in [7, 11) is 0. The molecular formula is C25H30N4O4. The summed E-state index contributed by atoms with van der Waals surface area (Å²) in [5, 5.41) is 12.6. The van der Waals surface area contributed by atoms with E-state index in [0.29, 0.717) is 37.6 Å². The molecule has 0 aliphatic carbocycles. The van der Waals surface area contributed by atoms with E-state index in [2.05, 4.69) is 15.2 Å². The van der Waals surface area contributed by atoms with E-state index >= 15 is 0 Å². The molecule has 2 N–H and O–H groups in total. The lowest BCUT2D eigenvalue weighted by atomic mass is 10.00. The van der Waals surface area contributed by atoms with Crippen molar-refractivity contribution in [2.24, 2.45) is 4.99 Å². The smallest absolute Gasteiger partial charge is 0.410 e. The number of nitrogens with zero attached hydrogens (tertiary/aromatic N) is 3. The lowest BCUT2D eigenvalue weighted by Gasteiger charge is -2.37. The van der Waals surface area contributed by atoms with Gasteiger partial charge in [-0.1, -0.05) is 30.3 Å². The van der Waals surface area contributed by atoms with Gasteiger partial charge >= 0.3 is 6.09 Å². The number of amides is 2. The Labute approximate surface area is 193 Å². The number of hydrogen-bond donors (Lipinski definition) is 2. The van der Waals surface area contributed by atoms with Crippen LogP contribution < -0.4 is 10.2 Å². The highest BCUT2D eigenvalue weighted by Crippen LogP contribution is 2.29. The van der Waals surface area contributed by atoms with Gasteiger partial charge in [0, 0.05) is 43.0 Å². The number of piperazine rings is 1. The van der Waals surface area contributed by atoms with Crippen LogP contribution in [0.1, 0.15) is 31.9 Å². The highest BCUT2D eigenvalue weighted by molar-refractivity contribution is 6.20. The average Bonchev–Trinajstić information content (AvgIpc) is 2.93. The third-order valence-corrected chi connectivity index (χ3v) is 5.62. The second-order valence-electron chi connectivity index (χ2n) is 9.22. The van der Waals surface area contributed by atoms with Crippen LogP contribution in [0.25, 0.3) is 0 Å². The first-order valence-corrected chi connectivity index (χ1v) is 11.2. The van der Waals surface area contributed by atoms with Crippen molar-refractivity contribution in [1.82, 2.24) is 4.90 Å². The predicted molar refractivity (Wildman–Crippen MR) is 128 cm³/mol. The van der Waals surface area contributed by atoms with Gasteiger partial charge in [-0.15, -0.1) is 0 Å². The second kappa shape index (κ2) is 9.23. The molecule has 2 aliphatic heterocycles. The van der Waals surface area contributed by atoms with Crippen molar-refractivity contribution in [2.45, 2.75) is 32.4 Å². The van der Waals surface area contributed by atoms with E-state index in [1.54, 1.807) is 4.90 Å². The molecule has 0 unspecified atom stereocenters. The van der Waals surface area contributed by atoms with E-state index in [0.717, 1.165) is 16.8 Å². The molecule has 1 atom stereocenters. The second-order valence-corrected chi connectivity index (χ2v) is 9.22. The highest BCUT2D eigenvalue weighted by Gasteiger charge is 2.28. The number of carbonyl (C=O) groups is 2. The summed E-state index contributed by atoms with van der Waals surface area (Å²) in [6, 6.07) is 14.7. The molecule has 0 saturated carbocycles. The summed E-state index contributed by atoms with van der Waals surface area (Å²) in [6.07, 6.45) is -0.296. The first-order chi connectivity index (χ1) is 15.7. The van der Waals surface area contributed by atoms with Crippen LogP contribution in [-0.2, 0) is 9.53 Å². The van der Waals surface area contributed by atoms with Crippen LogP contribution in [0, 0.1) is 0 Å². The largest absolute Gasteiger partial charge is 0.444 e. The van der Waals surface area contributed by atoms with E-state index in [-0.39, 0.29) is 18.6 Å². The Hall–Kier alpha value is -3.39. The summed E-state index contributed by atoms with van der Waals surface area (Å²) in [4.78, 5) is 33.5. The van der Waals surface area contributed by atoms with E-state index in [4.69, 9.17) is 4.74 Å². The zero-order valence-electron chi connectivity index (χ0n) is 19.2. The van der Waals surface area contributed by atoms with Crippen LogP contribution in [0.15, 0.2) is 53.5 Å². The lowest BCUT2D eigenvalue weighted by molar-refractivity contribution is -0.118. The first-order valence-electron chi connectivity index (χ1n) is 11.2. The molecule has 1 fully saturated rings. The minimum absolute atomic E-state index is 0.296. The van der Waals surface area contributed by atoms with E-state index in [1.807, 2.05) is 69.3 Å². The van der Waals surface area contributed by atoms with Crippen LogP contribution in [0.5, 0.6) is 0 Å². The van der Waals surface area contributed by atoms with Crippen LogP contribution in [0.2, 0.25) is 0 Å². The Kier molecular flexibility index (Phi) is 6.37. The molecule has 2 amide bonds. The number of rotatable bonds is 3. The SMILES string of the molecule is CC(C)(C)OC(=O)N1CCN(c2ccc3c(c2)NC(=O)[C@@H](CO)N=C3c2ccccc2)CC1. The number of anilines is 2. The van der Waals surface area contributed by atoms with Crippen LogP contribution >= 0.6 is 0 Å². The molecule has 8 heteroatoms. The van der Waals surface area contributed by atoms with Crippen molar-refractivity contribution in [2.75, 3.05) is 43.0 Å². The van der Waals surface area contributed by atoms with Crippen LogP contribution in [0.4, 0.5) is 16.2 Å². The topological polar surface area (TPSA) is 94.5 Å². The molecule has 33 heavy (non-hydrogen) atoms. The number of hydrogen-bond acceptors (Lipinski definition) is 6. The van der Waals surface area contributed by atoms with E-state index in [9.17, 15) is 14.7 Å². The lowest BCUT2D eigenvalue weighted by Crippen LogP contribution is -2.50. The fraction of sp³-hybridized carbons (Fsp3) is 0.400. The molecule has 4 rings (SSSR count). The number of ether oxygens (including phenoxy) is 1. The zero-order chi connectivity index (χ0) is 23.6. The van der Waals surface area contributed by atoms with Crippen molar-refractivity contribution < 1.29 is 19.4 Å². The van der Waals surface area contributed by atoms with Gasteiger partial charge in [0.2, 0.25) is 0 Å². The number of aliphatic hydroxyl groups is 1. The predicted octanol–water partition coefficient (Wildman–Crippen LogP) is 2.89. The Morgan fingerprint density at radius 2 is 1.82 bits per heavy atom. The normalized spacial score (nSPS) is 18.7. The number of benzene rings is 2. The number of aliphatic hydroxyl groups excluding tert-OH is 1. The van der Waals surface area contributed by atoms with Gasteiger partial charge in [0.15, 0.2) is 6.04 Å². The molecule has 0 aromatic heterocycles. The minimum atomic E-state index is -0.867. The zero-order valence-corrected chi connectivity index (χ0v) is 19.2. The summed E-state index contributed by atoms with van der Waals surface area (Å²) in [5.74, 6) is -0.337. The maximum Gasteiger partial charge on any atom is 0.410 e. The maximum atomic E-state index is 12.7. The summed E-state index contributed by atoms with van der Waals surface area (Å²) >= 11 is 0. The van der Waals surface area contributed by atoms with Gasteiger partial charge in [0.05, 0.1) is 18.0 Å².